The van der Waals surface area contributed by atoms with Crippen LogP contribution in [-0.4, -0.2) is 277 Å². The predicted molar refractivity (Wildman–Crippen MR) is 460 cm³/mol. The van der Waals surface area contributed by atoms with Gasteiger partial charge in [0.15, 0.2) is 0 Å². The second-order valence-corrected chi connectivity index (χ2v) is 38.8. The molecule has 9 amide bonds. The van der Waals surface area contributed by atoms with Crippen molar-refractivity contribution >= 4 is 126 Å². The van der Waals surface area contributed by atoms with E-state index in [-0.39, 0.29) is 107 Å². The molecule has 6 unspecified atom stereocenters. The lowest BCUT2D eigenvalue weighted by Crippen LogP contribution is -2.48. The van der Waals surface area contributed by atoms with Crippen LogP contribution in [0.2, 0.25) is 0 Å². The molecular formula is C82H127BrN12O7S6. The van der Waals surface area contributed by atoms with Gasteiger partial charge < -0.3 is 48.8 Å². The number of likely N-dealkylation sites (tertiary alicyclic amines) is 6. The van der Waals surface area contributed by atoms with E-state index in [1.807, 2.05) is 147 Å². The van der Waals surface area contributed by atoms with Gasteiger partial charge in [-0.1, -0.05) is 47.5 Å². The smallest absolute Gasteiger partial charge is 0.320 e. The Morgan fingerprint density at radius 1 is 0.407 bits per heavy atom. The highest BCUT2D eigenvalue weighted by Crippen LogP contribution is 2.42. The molecule has 6 aliphatic heterocycles. The van der Waals surface area contributed by atoms with Crippen LogP contribution in [0.15, 0.2) is 64.5 Å². The largest absolute Gasteiger partial charge is 0.497 e. The number of likely N-dealkylation sites (N-methyl/N-ethyl adjacent to an activating group) is 6. The lowest BCUT2D eigenvalue weighted by molar-refractivity contribution is 0.0732. The Labute approximate surface area is 687 Å². The molecule has 0 N–H and O–H groups in total. The van der Waals surface area contributed by atoms with E-state index < -0.39 is 0 Å². The number of ether oxygens (including phenoxy) is 1. The standard InChI is InChI=1S/C31H44N4O3S.C27H40N4O2S.C24H37BrN4O2S.3H2S/c1-31(2)16-12-23(13-17-31)34-18-14-25(20-34)33(4)30(37)35-19-15-24(21-35)32(3)29(36)28-11-10-27(39-28)22-6-8-26(38-5)9-7-22;1-6-7-23-8-9-24(34-23)25(32)28(4)21-13-17-31(19-21)26(33)29(5)22-12-16-30(18-22)20-10-14-27(2,3)15-11-20;1-24(2)11-7-17(8-12-24)28-13-9-19(15-28)27(4)23(31)29-14-10-18(16-29)26(3)22(30)20-5-6-21(25)32-20;;;/h6-11,23-25H,12-21H2,1-5H3;8-9,20-22H,10-19H2,1-5H3;5-6,17-19H,7-16H2,1-4H3;3*1H2. The van der Waals surface area contributed by atoms with Crippen molar-refractivity contribution in [1.29, 1.82) is 0 Å². The summed E-state index contributed by atoms with van der Waals surface area (Å²) in [5.41, 5.74) is 2.52. The van der Waals surface area contributed by atoms with Gasteiger partial charge in [0.1, 0.15) is 5.75 Å². The number of urea groups is 3. The molecule has 3 aliphatic carbocycles. The van der Waals surface area contributed by atoms with Crippen molar-refractivity contribution in [2.45, 2.75) is 218 Å². The highest BCUT2D eigenvalue weighted by atomic mass is 79.9. The summed E-state index contributed by atoms with van der Waals surface area (Å²) in [4.78, 5) is 108. The van der Waals surface area contributed by atoms with Crippen LogP contribution in [0.3, 0.4) is 0 Å². The molecule has 6 saturated heterocycles. The number of benzene rings is 1. The quantitative estimate of drug-likeness (QED) is 0.112. The van der Waals surface area contributed by atoms with Crippen LogP contribution < -0.4 is 4.74 Å². The van der Waals surface area contributed by atoms with Gasteiger partial charge in [0.05, 0.1) is 48.5 Å². The molecule has 26 heteroatoms. The van der Waals surface area contributed by atoms with Crippen LogP contribution in [0.5, 0.6) is 5.75 Å². The molecule has 0 spiro atoms. The Bertz CT molecular complexity index is 3700. The summed E-state index contributed by atoms with van der Waals surface area (Å²) in [6.45, 7) is 26.3. The van der Waals surface area contributed by atoms with E-state index in [1.165, 1.54) is 111 Å². The zero-order valence-corrected chi connectivity index (χ0v) is 74.0. The van der Waals surface area contributed by atoms with E-state index in [9.17, 15) is 28.8 Å². The summed E-state index contributed by atoms with van der Waals surface area (Å²) in [5.74, 6) is 6.79. The summed E-state index contributed by atoms with van der Waals surface area (Å²) in [7, 11) is 13.1. The molecule has 4 aromatic rings. The number of amides is 9. The molecule has 3 aromatic heterocycles. The number of hydrogen-bond acceptors (Lipinski definition) is 13. The fourth-order valence-electron chi connectivity index (χ4n) is 17.8. The molecule has 3 saturated carbocycles. The number of hydrogen-bond donors (Lipinski definition) is 0. The molecule has 19 nitrogen and oxygen atoms in total. The SMILES string of the molecule is CC#Cc1ccc(C(=O)N(C)C2CCN(C(=O)N(C)C3CCN(C4CCC(C)(C)CC4)C3)C2)s1.CN(C(=O)c1ccc(Br)s1)C1CCN(C(=O)N(C)C2CCN(C3CCC(C)(C)CC3)C2)C1.COc1ccc(-c2ccc(C(=O)N(C)C3CCN(C(=O)N(C)C4CCN(C5CCC(C)(C)CC5)C4)C3)s2)cc1.S.S.S. The van der Waals surface area contributed by atoms with Gasteiger partial charge in [-0.25, -0.2) is 14.4 Å². The van der Waals surface area contributed by atoms with Gasteiger partial charge in [0.25, 0.3) is 17.7 Å². The molecule has 9 fully saturated rings. The fraction of sp³-hybridized carbons (Fsp3) is 0.683. The molecule has 9 aliphatic rings. The van der Waals surface area contributed by atoms with Crippen LogP contribution in [0.1, 0.15) is 198 Å². The first-order valence-electron chi connectivity index (χ1n) is 39.1. The first-order chi connectivity index (χ1) is 50.0. The number of carbonyl (C=O) groups excluding carboxylic acids is 6. The van der Waals surface area contributed by atoms with Gasteiger partial charge >= 0.3 is 18.1 Å². The number of nitrogens with zero attached hydrogens (tertiary/aromatic N) is 12. The maximum atomic E-state index is 13.4. The van der Waals surface area contributed by atoms with Crippen LogP contribution in [0.25, 0.3) is 10.4 Å². The van der Waals surface area contributed by atoms with E-state index in [0.29, 0.717) is 84.6 Å². The predicted octanol–water partition coefficient (Wildman–Crippen LogP) is 15.1. The van der Waals surface area contributed by atoms with Crippen molar-refractivity contribution < 1.29 is 33.5 Å². The van der Waals surface area contributed by atoms with Gasteiger partial charge in [0.2, 0.25) is 0 Å². The lowest BCUT2D eigenvalue weighted by atomic mass is 9.75. The third-order valence-corrected chi connectivity index (χ3v) is 29.3. The number of rotatable bonds is 14. The van der Waals surface area contributed by atoms with Crippen LogP contribution in [0.4, 0.5) is 14.4 Å². The van der Waals surface area contributed by atoms with Gasteiger partial charge in [-0.05, 0) is 221 Å². The number of halogens is 1. The van der Waals surface area contributed by atoms with E-state index in [0.717, 1.165) is 112 Å². The van der Waals surface area contributed by atoms with Crippen LogP contribution >= 0.6 is 90.4 Å². The summed E-state index contributed by atoms with van der Waals surface area (Å²) in [5, 5.41) is 0. The van der Waals surface area contributed by atoms with Crippen molar-refractivity contribution in [2.24, 2.45) is 16.2 Å². The highest BCUT2D eigenvalue weighted by Gasteiger charge is 2.44. The minimum atomic E-state index is 0. The minimum Gasteiger partial charge on any atom is -0.497 e. The summed E-state index contributed by atoms with van der Waals surface area (Å²) in [6.07, 6.45) is 21.1. The normalized spacial score (nSPS) is 24.3. The molecule has 108 heavy (non-hydrogen) atoms. The van der Waals surface area contributed by atoms with E-state index in [4.69, 9.17) is 4.74 Å². The Morgan fingerprint density at radius 2 is 0.722 bits per heavy atom. The average Bonchev–Trinajstić information content (AvgIpc) is 1.66. The first kappa shape index (κ1) is 88.9. The van der Waals surface area contributed by atoms with Crippen LogP contribution in [-0.2, 0) is 0 Å². The average molecular weight is 1670 g/mol. The van der Waals surface area contributed by atoms with Crippen molar-refractivity contribution in [3.8, 4) is 28.0 Å². The Balaban J connectivity index is 0.000000202. The number of thiophene rings is 3. The zero-order valence-electron chi connectivity index (χ0n) is 67.0. The second kappa shape index (κ2) is 38.9. The fourth-order valence-corrected chi connectivity index (χ4v) is 21.0. The van der Waals surface area contributed by atoms with E-state index >= 15 is 0 Å². The van der Waals surface area contributed by atoms with E-state index in [1.54, 1.807) is 14.0 Å². The number of carbonyl (C=O) groups is 6. The summed E-state index contributed by atoms with van der Waals surface area (Å²) < 4.78 is 6.21. The number of methoxy groups -OCH3 is 1. The Kier molecular flexibility index (Phi) is 32.0. The highest BCUT2D eigenvalue weighted by molar-refractivity contribution is 9.11. The maximum absolute atomic E-state index is 13.4. The van der Waals surface area contributed by atoms with E-state index in [2.05, 4.69) is 84.0 Å². The molecule has 0 bridgehead atoms. The summed E-state index contributed by atoms with van der Waals surface area (Å²) >= 11 is 7.83. The lowest BCUT2D eigenvalue weighted by Gasteiger charge is -2.39. The molecule has 13 rings (SSSR count). The van der Waals surface area contributed by atoms with Crippen molar-refractivity contribution in [2.75, 3.05) is 128 Å². The van der Waals surface area contributed by atoms with Gasteiger partial charge in [-0.3, -0.25) is 29.1 Å². The summed E-state index contributed by atoms with van der Waals surface area (Å²) in [6, 6.07) is 22.7. The molecule has 9 heterocycles. The molecule has 1 aromatic carbocycles. The molecule has 6 atom stereocenters. The first-order valence-corrected chi connectivity index (χ1v) is 42.3. The van der Waals surface area contributed by atoms with Crippen molar-refractivity contribution in [3.63, 3.8) is 0 Å². The third kappa shape index (κ3) is 22.0. The van der Waals surface area contributed by atoms with Crippen molar-refractivity contribution in [3.05, 3.63) is 84.0 Å². The molecule has 0 radical (unpaired) electrons. The zero-order chi connectivity index (χ0) is 75.2. The minimum absolute atomic E-state index is 0. The monoisotopic (exact) mass is 1660 g/mol. The van der Waals surface area contributed by atoms with Crippen molar-refractivity contribution in [1.82, 2.24) is 58.8 Å². The Morgan fingerprint density at radius 3 is 1.06 bits per heavy atom. The topological polar surface area (TPSA) is 151 Å². The molecule has 600 valence electrons. The van der Waals surface area contributed by atoms with Crippen LogP contribution in [0, 0.1) is 28.1 Å². The third-order valence-electron chi connectivity index (χ3n) is 25.6. The van der Waals surface area contributed by atoms with Gasteiger partial charge in [-0.15, -0.1) is 39.9 Å². The van der Waals surface area contributed by atoms with Gasteiger partial charge in [-0.2, -0.15) is 40.5 Å². The van der Waals surface area contributed by atoms with Gasteiger partial charge in [0, 0.05) is 162 Å². The Hall–Kier alpha value is -4.69. The molecular weight excluding hydrogens is 1540 g/mol. The maximum Gasteiger partial charge on any atom is 0.320 e. The second-order valence-electron chi connectivity index (χ2n) is 34.1.